The maximum atomic E-state index is 4.14. The van der Waals surface area contributed by atoms with Crippen molar-refractivity contribution in [2.75, 3.05) is 7.05 Å². The second kappa shape index (κ2) is 4.13. The minimum absolute atomic E-state index is 0.954. The van der Waals surface area contributed by atoms with E-state index >= 15 is 0 Å². The van der Waals surface area contributed by atoms with Gasteiger partial charge in [0.15, 0.2) is 0 Å². The van der Waals surface area contributed by atoms with E-state index in [0.717, 1.165) is 10.7 Å². The van der Waals surface area contributed by atoms with Crippen LogP contribution < -0.4 is 0 Å². The topological polar surface area (TPSA) is 24.7 Å². The molecule has 0 aliphatic carbocycles. The van der Waals surface area contributed by atoms with E-state index in [2.05, 4.69) is 9.98 Å². The summed E-state index contributed by atoms with van der Waals surface area (Å²) in [6.07, 6.45) is 5.89. The number of thioether (sulfide) groups is 1. The smallest absolute Gasteiger partial charge is 0.122 e. The van der Waals surface area contributed by atoms with Gasteiger partial charge in [-0.2, -0.15) is 0 Å². The molecule has 2 nitrogen and oxygen atoms in total. The molecule has 0 aromatic rings. The minimum atomic E-state index is 0.954. The maximum Gasteiger partial charge on any atom is 0.122 e. The Balaban J connectivity index is 2.78. The van der Waals surface area contributed by atoms with Crippen LogP contribution in [0, 0.1) is 0 Å². The number of rotatable bonds is 1. The van der Waals surface area contributed by atoms with E-state index in [0.29, 0.717) is 0 Å². The summed E-state index contributed by atoms with van der Waals surface area (Å²) in [4.78, 5) is 8.22. The van der Waals surface area contributed by atoms with E-state index < -0.39 is 0 Å². The molecule has 0 aromatic carbocycles. The highest BCUT2D eigenvalue weighted by molar-refractivity contribution is 8.25. The maximum absolute atomic E-state index is 4.14. The molecule has 0 bridgehead atoms. The number of allylic oxidation sites excluding steroid dienone is 3. The molecule has 58 valence electrons. The number of aliphatic imine (C=N–C) groups is 2. The first-order valence-electron chi connectivity index (χ1n) is 3.38. The normalized spacial score (nSPS) is 24.5. The predicted molar refractivity (Wildman–Crippen MR) is 52.3 cm³/mol. The molecule has 0 fully saturated rings. The fourth-order valence-electron chi connectivity index (χ4n) is 0.718. The first-order chi connectivity index (χ1) is 5.38. The van der Waals surface area contributed by atoms with Crippen molar-refractivity contribution in [1.82, 2.24) is 0 Å². The van der Waals surface area contributed by atoms with Crippen LogP contribution in [0.2, 0.25) is 0 Å². The van der Waals surface area contributed by atoms with Crippen LogP contribution in [0.25, 0.3) is 0 Å². The Hall–Kier alpha value is -0.830. The van der Waals surface area contributed by atoms with E-state index in [1.54, 1.807) is 24.4 Å². The van der Waals surface area contributed by atoms with Gasteiger partial charge in [-0.25, -0.2) is 4.99 Å². The van der Waals surface area contributed by atoms with Gasteiger partial charge >= 0.3 is 0 Å². The second-order valence-corrected chi connectivity index (χ2v) is 2.79. The molecule has 0 aromatic heterocycles. The zero-order chi connectivity index (χ0) is 8.10. The van der Waals surface area contributed by atoms with Crippen molar-refractivity contribution in [1.29, 1.82) is 0 Å². The molecule has 1 aliphatic heterocycles. The third kappa shape index (κ3) is 2.05. The van der Waals surface area contributed by atoms with Crippen LogP contribution in [0.4, 0.5) is 0 Å². The van der Waals surface area contributed by atoms with Gasteiger partial charge in [-0.3, -0.25) is 4.99 Å². The zero-order valence-electron chi connectivity index (χ0n) is 6.61. The van der Waals surface area contributed by atoms with E-state index in [4.69, 9.17) is 0 Å². The summed E-state index contributed by atoms with van der Waals surface area (Å²) < 4.78 is 0. The lowest BCUT2D eigenvalue weighted by molar-refractivity contribution is 1.42. The molecular formula is C8H10N2S. The lowest BCUT2D eigenvalue weighted by Gasteiger charge is -1.90. The molecule has 0 radical (unpaired) electrons. The molecule has 0 atom stereocenters. The Labute approximate surface area is 70.8 Å². The van der Waals surface area contributed by atoms with Crippen LogP contribution in [-0.4, -0.2) is 17.6 Å². The van der Waals surface area contributed by atoms with Gasteiger partial charge in [0.1, 0.15) is 5.04 Å². The largest absolute Gasteiger partial charge is 0.279 e. The van der Waals surface area contributed by atoms with Gasteiger partial charge < -0.3 is 0 Å². The highest BCUT2D eigenvalue weighted by Crippen LogP contribution is 2.18. The highest BCUT2D eigenvalue weighted by Gasteiger charge is 2.08. The quantitative estimate of drug-likeness (QED) is 0.586. The molecule has 0 unspecified atom stereocenters. The molecule has 3 heteroatoms. The summed E-state index contributed by atoms with van der Waals surface area (Å²) in [7, 11) is 1.78. The summed E-state index contributed by atoms with van der Waals surface area (Å²) >= 11 is 1.56. The zero-order valence-corrected chi connectivity index (χ0v) is 7.43. The molecule has 0 amide bonds. The molecule has 0 N–H and O–H groups in total. The fraction of sp³-hybridized carbons (Fsp3) is 0.250. The molecule has 0 spiro atoms. The van der Waals surface area contributed by atoms with E-state index in [1.165, 1.54) is 0 Å². The highest BCUT2D eigenvalue weighted by atomic mass is 32.2. The van der Waals surface area contributed by atoms with E-state index in [1.807, 2.05) is 25.2 Å². The lowest BCUT2D eigenvalue weighted by Crippen LogP contribution is -1.87. The standard InChI is InChI=1S/C8H10N2S/c1-3-4-5-7-8(9-2)11-6-10-7/h3-6H,1-2H3. The van der Waals surface area contributed by atoms with Crippen LogP contribution >= 0.6 is 11.8 Å². The average Bonchev–Trinajstić information content (AvgIpc) is 2.47. The van der Waals surface area contributed by atoms with Crippen molar-refractivity contribution < 1.29 is 0 Å². The Kier molecular flexibility index (Phi) is 3.11. The summed E-state index contributed by atoms with van der Waals surface area (Å²) in [5, 5.41) is 0.989. The summed E-state index contributed by atoms with van der Waals surface area (Å²) in [5.74, 6) is 0. The number of hydrogen-bond donors (Lipinski definition) is 0. The van der Waals surface area contributed by atoms with Gasteiger partial charge in [0.2, 0.25) is 0 Å². The second-order valence-electron chi connectivity index (χ2n) is 1.96. The van der Waals surface area contributed by atoms with Gasteiger partial charge in [-0.1, -0.05) is 23.9 Å². The first-order valence-corrected chi connectivity index (χ1v) is 4.25. The van der Waals surface area contributed by atoms with E-state index in [9.17, 15) is 0 Å². The Morgan fingerprint density at radius 2 is 2.45 bits per heavy atom. The van der Waals surface area contributed by atoms with Crippen LogP contribution in [0.15, 0.2) is 33.9 Å². The van der Waals surface area contributed by atoms with Crippen molar-refractivity contribution in [3.8, 4) is 0 Å². The average molecular weight is 166 g/mol. The summed E-state index contributed by atoms with van der Waals surface area (Å²) in [6, 6.07) is 0. The SMILES string of the molecule is CC=CC=C1N=CSC1=NC. The molecule has 1 aliphatic rings. The van der Waals surface area contributed by atoms with Crippen LogP contribution in [0.3, 0.4) is 0 Å². The third-order valence-corrected chi connectivity index (χ3v) is 2.05. The van der Waals surface area contributed by atoms with Crippen molar-refractivity contribution in [3.63, 3.8) is 0 Å². The predicted octanol–water partition coefficient (Wildman–Crippen LogP) is 2.25. The van der Waals surface area contributed by atoms with Crippen molar-refractivity contribution in [2.45, 2.75) is 6.92 Å². The van der Waals surface area contributed by atoms with Gasteiger partial charge in [0, 0.05) is 7.05 Å². The Bertz CT molecular complexity index is 249. The first kappa shape index (κ1) is 8.27. The van der Waals surface area contributed by atoms with Gasteiger partial charge in [0.25, 0.3) is 0 Å². The van der Waals surface area contributed by atoms with Gasteiger partial charge in [-0.15, -0.1) is 0 Å². The molecular weight excluding hydrogens is 156 g/mol. The molecule has 0 saturated heterocycles. The molecule has 1 heterocycles. The number of nitrogens with zero attached hydrogens (tertiary/aromatic N) is 2. The van der Waals surface area contributed by atoms with Gasteiger partial charge in [-0.05, 0) is 13.0 Å². The molecule has 0 saturated carbocycles. The monoisotopic (exact) mass is 166 g/mol. The van der Waals surface area contributed by atoms with Crippen molar-refractivity contribution in [2.24, 2.45) is 9.98 Å². The minimum Gasteiger partial charge on any atom is -0.279 e. The van der Waals surface area contributed by atoms with Crippen molar-refractivity contribution in [3.05, 3.63) is 23.9 Å². The lowest BCUT2D eigenvalue weighted by atomic mass is 10.4. The fourth-order valence-corrected chi connectivity index (χ4v) is 1.33. The molecule has 1 rings (SSSR count). The Morgan fingerprint density at radius 3 is 3.09 bits per heavy atom. The summed E-state index contributed by atoms with van der Waals surface area (Å²) in [6.45, 7) is 1.98. The number of hydrogen-bond acceptors (Lipinski definition) is 3. The third-order valence-electron chi connectivity index (χ3n) is 1.22. The Morgan fingerprint density at radius 1 is 1.64 bits per heavy atom. The van der Waals surface area contributed by atoms with Crippen LogP contribution in [0.5, 0.6) is 0 Å². The van der Waals surface area contributed by atoms with Crippen LogP contribution in [0.1, 0.15) is 6.92 Å². The van der Waals surface area contributed by atoms with E-state index in [-0.39, 0.29) is 0 Å². The van der Waals surface area contributed by atoms with Gasteiger partial charge in [0.05, 0.1) is 11.2 Å². The molecule has 11 heavy (non-hydrogen) atoms. The van der Waals surface area contributed by atoms with Crippen LogP contribution in [-0.2, 0) is 0 Å². The van der Waals surface area contributed by atoms with Crippen molar-refractivity contribution >= 4 is 22.4 Å². The summed E-state index contributed by atoms with van der Waals surface area (Å²) in [5.41, 5.74) is 2.76.